The zero-order valence-electron chi connectivity index (χ0n) is 26.9. The lowest BCUT2D eigenvalue weighted by Gasteiger charge is -2.18. The van der Waals surface area contributed by atoms with Gasteiger partial charge in [-0.15, -0.1) is 0 Å². The van der Waals surface area contributed by atoms with E-state index in [-0.39, 0.29) is 19.4 Å². The Balaban J connectivity index is 4.02. The summed E-state index contributed by atoms with van der Waals surface area (Å²) in [6.45, 7) is 3.63. The summed E-state index contributed by atoms with van der Waals surface area (Å²) >= 11 is 0. The fourth-order valence-corrected chi connectivity index (χ4v) is 5.08. The standard InChI is InChI=1S/C33H63O8P/c1-3-5-7-9-11-13-15-16-18-20-22-24-26-28-33(35)41-31(30-40-42(36,37)38)29-39-32(34)27-25-23-21-19-17-14-12-10-8-6-4-2/h13,15,31H,3-12,14,16-30H2,1-2H3,(H2,36,37,38)/b15-13+/t31-/m1/s1. The second kappa shape index (κ2) is 29.8. The van der Waals surface area contributed by atoms with Crippen molar-refractivity contribution < 1.29 is 37.9 Å². The molecule has 2 N–H and O–H groups in total. The third-order valence-electron chi connectivity index (χ3n) is 7.28. The predicted molar refractivity (Wildman–Crippen MR) is 170 cm³/mol. The molecule has 0 radical (unpaired) electrons. The summed E-state index contributed by atoms with van der Waals surface area (Å²) < 4.78 is 26.2. The molecular weight excluding hydrogens is 555 g/mol. The fourth-order valence-electron chi connectivity index (χ4n) is 4.72. The van der Waals surface area contributed by atoms with Gasteiger partial charge in [-0.2, -0.15) is 0 Å². The molecule has 1 atom stereocenters. The first-order valence-electron chi connectivity index (χ1n) is 17.0. The molecule has 0 bridgehead atoms. The van der Waals surface area contributed by atoms with Crippen molar-refractivity contribution in [1.29, 1.82) is 0 Å². The summed E-state index contributed by atoms with van der Waals surface area (Å²) in [6, 6.07) is 0. The topological polar surface area (TPSA) is 119 Å². The smallest absolute Gasteiger partial charge is 0.462 e. The van der Waals surface area contributed by atoms with Crippen LogP contribution in [-0.4, -0.2) is 41.0 Å². The highest BCUT2D eigenvalue weighted by Gasteiger charge is 2.22. The number of ether oxygens (including phenoxy) is 2. The first-order valence-corrected chi connectivity index (χ1v) is 18.5. The molecule has 0 heterocycles. The van der Waals surface area contributed by atoms with Crippen LogP contribution in [0.15, 0.2) is 12.2 Å². The number of phosphoric ester groups is 1. The third-order valence-corrected chi connectivity index (χ3v) is 7.77. The number of hydrogen-bond acceptors (Lipinski definition) is 6. The largest absolute Gasteiger partial charge is 0.469 e. The Bertz CT molecular complexity index is 706. The van der Waals surface area contributed by atoms with E-state index >= 15 is 0 Å². The van der Waals surface area contributed by atoms with Crippen LogP contribution in [0.3, 0.4) is 0 Å². The van der Waals surface area contributed by atoms with Crippen LogP contribution in [0.25, 0.3) is 0 Å². The highest BCUT2D eigenvalue weighted by atomic mass is 31.2. The first-order chi connectivity index (χ1) is 20.3. The number of unbranched alkanes of at least 4 members (excludes halogenated alkanes) is 19. The van der Waals surface area contributed by atoms with E-state index in [1.54, 1.807) is 0 Å². The zero-order chi connectivity index (χ0) is 31.2. The van der Waals surface area contributed by atoms with Gasteiger partial charge in [0.25, 0.3) is 0 Å². The van der Waals surface area contributed by atoms with Crippen LogP contribution in [0.1, 0.15) is 168 Å². The minimum atomic E-state index is -4.74. The van der Waals surface area contributed by atoms with E-state index in [0.717, 1.165) is 51.4 Å². The number of phosphoric acid groups is 1. The molecule has 0 aliphatic rings. The Hall–Kier alpha value is -1.21. The molecule has 0 fully saturated rings. The molecule has 8 nitrogen and oxygen atoms in total. The maximum Gasteiger partial charge on any atom is 0.469 e. The average molecular weight is 619 g/mol. The lowest BCUT2D eigenvalue weighted by Crippen LogP contribution is -2.29. The summed E-state index contributed by atoms with van der Waals surface area (Å²) in [7, 11) is -4.74. The maximum absolute atomic E-state index is 12.3. The van der Waals surface area contributed by atoms with Gasteiger partial charge in [0, 0.05) is 12.8 Å². The Morgan fingerprint density at radius 1 is 0.595 bits per heavy atom. The van der Waals surface area contributed by atoms with Crippen LogP contribution >= 0.6 is 7.82 Å². The molecule has 0 rings (SSSR count). The van der Waals surface area contributed by atoms with Gasteiger partial charge in [0.2, 0.25) is 0 Å². The molecule has 0 aromatic heterocycles. The normalized spacial score (nSPS) is 12.6. The second-order valence-electron chi connectivity index (χ2n) is 11.5. The summed E-state index contributed by atoms with van der Waals surface area (Å²) in [4.78, 5) is 42.5. The summed E-state index contributed by atoms with van der Waals surface area (Å²) in [6.07, 6.45) is 29.3. The molecule has 248 valence electrons. The van der Waals surface area contributed by atoms with Crippen molar-refractivity contribution in [1.82, 2.24) is 0 Å². The second-order valence-corrected chi connectivity index (χ2v) is 12.7. The Labute approximate surface area is 257 Å². The van der Waals surface area contributed by atoms with Crippen molar-refractivity contribution in [2.45, 2.75) is 174 Å². The van der Waals surface area contributed by atoms with E-state index in [1.807, 2.05) is 0 Å². The van der Waals surface area contributed by atoms with E-state index in [9.17, 15) is 14.2 Å². The van der Waals surface area contributed by atoms with Crippen molar-refractivity contribution in [2.75, 3.05) is 13.2 Å². The number of allylic oxidation sites excluding steroid dienone is 2. The van der Waals surface area contributed by atoms with E-state index < -0.39 is 32.5 Å². The molecule has 0 spiro atoms. The molecule has 0 saturated heterocycles. The number of carbonyl (C=O) groups excluding carboxylic acids is 2. The van der Waals surface area contributed by atoms with E-state index in [2.05, 4.69) is 30.5 Å². The van der Waals surface area contributed by atoms with Crippen molar-refractivity contribution in [3.63, 3.8) is 0 Å². The maximum atomic E-state index is 12.3. The molecule has 0 aromatic carbocycles. The van der Waals surface area contributed by atoms with Crippen LogP contribution in [0.5, 0.6) is 0 Å². The van der Waals surface area contributed by atoms with Gasteiger partial charge >= 0.3 is 19.8 Å². The van der Waals surface area contributed by atoms with Crippen LogP contribution in [-0.2, 0) is 28.2 Å². The van der Waals surface area contributed by atoms with Gasteiger partial charge in [-0.05, 0) is 38.5 Å². The van der Waals surface area contributed by atoms with Gasteiger partial charge in [0.05, 0.1) is 6.61 Å². The van der Waals surface area contributed by atoms with Gasteiger partial charge in [0.15, 0.2) is 6.10 Å². The SMILES string of the molecule is CCCCCC/C=C/CCCCCCCC(=O)O[C@H](COC(=O)CCCCCCCCCCCCC)COP(=O)(O)O. The van der Waals surface area contributed by atoms with Crippen molar-refractivity contribution in [3.05, 3.63) is 12.2 Å². The van der Waals surface area contributed by atoms with Crippen LogP contribution in [0.4, 0.5) is 0 Å². The average Bonchev–Trinajstić information content (AvgIpc) is 2.95. The molecule has 0 aliphatic heterocycles. The Kier molecular flexibility index (Phi) is 29.0. The van der Waals surface area contributed by atoms with Crippen LogP contribution in [0, 0.1) is 0 Å². The van der Waals surface area contributed by atoms with Crippen LogP contribution < -0.4 is 0 Å². The molecule has 0 aromatic rings. The Morgan fingerprint density at radius 3 is 1.48 bits per heavy atom. The third kappa shape index (κ3) is 31.7. The first kappa shape index (κ1) is 40.8. The fraction of sp³-hybridized carbons (Fsp3) is 0.879. The van der Waals surface area contributed by atoms with Gasteiger partial charge < -0.3 is 19.3 Å². The molecule has 0 saturated carbocycles. The lowest BCUT2D eigenvalue weighted by atomic mass is 10.1. The summed E-state index contributed by atoms with van der Waals surface area (Å²) in [5.74, 6) is -0.892. The molecule has 0 aliphatic carbocycles. The molecule has 42 heavy (non-hydrogen) atoms. The van der Waals surface area contributed by atoms with Crippen LogP contribution in [0.2, 0.25) is 0 Å². The summed E-state index contributed by atoms with van der Waals surface area (Å²) in [5, 5.41) is 0. The van der Waals surface area contributed by atoms with Crippen molar-refractivity contribution in [2.24, 2.45) is 0 Å². The van der Waals surface area contributed by atoms with Gasteiger partial charge in [-0.3, -0.25) is 14.1 Å². The predicted octanol–water partition coefficient (Wildman–Crippen LogP) is 9.51. The number of hydrogen-bond donors (Lipinski definition) is 2. The lowest BCUT2D eigenvalue weighted by molar-refractivity contribution is -0.161. The molecule has 0 unspecified atom stereocenters. The minimum absolute atomic E-state index is 0.205. The number of rotatable bonds is 31. The van der Waals surface area contributed by atoms with E-state index in [1.165, 1.54) is 83.5 Å². The monoisotopic (exact) mass is 618 g/mol. The van der Waals surface area contributed by atoms with E-state index in [4.69, 9.17) is 19.3 Å². The highest BCUT2D eigenvalue weighted by Crippen LogP contribution is 2.35. The summed E-state index contributed by atoms with van der Waals surface area (Å²) in [5.41, 5.74) is 0. The van der Waals surface area contributed by atoms with Gasteiger partial charge in [0.1, 0.15) is 6.61 Å². The number of carbonyl (C=O) groups is 2. The Morgan fingerprint density at radius 2 is 1.00 bits per heavy atom. The number of esters is 2. The molecule has 0 amide bonds. The minimum Gasteiger partial charge on any atom is -0.462 e. The van der Waals surface area contributed by atoms with Crippen molar-refractivity contribution in [3.8, 4) is 0 Å². The quantitative estimate of drug-likeness (QED) is 0.0341. The molecular formula is C33H63O8P. The van der Waals surface area contributed by atoms with Crippen molar-refractivity contribution >= 4 is 19.8 Å². The highest BCUT2D eigenvalue weighted by molar-refractivity contribution is 7.46. The van der Waals surface area contributed by atoms with Gasteiger partial charge in [-0.1, -0.05) is 129 Å². The van der Waals surface area contributed by atoms with Gasteiger partial charge in [-0.25, -0.2) is 4.57 Å². The molecule has 9 heteroatoms. The van der Waals surface area contributed by atoms with E-state index in [0.29, 0.717) is 6.42 Å². The zero-order valence-corrected chi connectivity index (χ0v) is 27.8.